The molecule has 0 aliphatic carbocycles. The zero-order valence-corrected chi connectivity index (χ0v) is 26.9. The molecule has 10 heteroatoms. The van der Waals surface area contributed by atoms with Crippen LogP contribution in [0.4, 0.5) is 4.39 Å². The fourth-order valence-electron chi connectivity index (χ4n) is 6.45. The lowest BCUT2D eigenvalue weighted by molar-refractivity contribution is -0.281. The minimum Gasteiger partial charge on any atom is -0.456 e. The number of cyclic esters (lactones) is 1. The van der Waals surface area contributed by atoms with Crippen LogP contribution in [0.25, 0.3) is 0 Å². The summed E-state index contributed by atoms with van der Waals surface area (Å²) in [7, 11) is 5.41. The topological polar surface area (TPSA) is 112 Å². The maximum atomic E-state index is 16.2. The van der Waals surface area contributed by atoms with Crippen molar-refractivity contribution in [3.8, 4) is 0 Å². The van der Waals surface area contributed by atoms with Gasteiger partial charge in [0.15, 0.2) is 17.9 Å². The van der Waals surface area contributed by atoms with Crippen LogP contribution in [0.5, 0.6) is 0 Å². The summed E-state index contributed by atoms with van der Waals surface area (Å²) in [6.45, 7) is 14.4. The predicted octanol–water partition coefficient (Wildman–Crippen LogP) is 4.04. The largest absolute Gasteiger partial charge is 0.456 e. The number of alkyl halides is 1. The van der Waals surface area contributed by atoms with E-state index in [0.717, 1.165) is 13.3 Å². The number of rotatable bonds is 5. The summed E-state index contributed by atoms with van der Waals surface area (Å²) in [5.74, 6) is -4.63. The normalized spacial score (nSPS) is 45.1. The van der Waals surface area contributed by atoms with Crippen molar-refractivity contribution >= 4 is 17.5 Å². The van der Waals surface area contributed by atoms with Crippen LogP contribution in [0.15, 0.2) is 11.6 Å². The lowest BCUT2D eigenvalue weighted by Crippen LogP contribution is -2.58. The van der Waals surface area contributed by atoms with Gasteiger partial charge < -0.3 is 29.0 Å². The minimum atomic E-state index is -3.04. The van der Waals surface area contributed by atoms with E-state index in [9.17, 15) is 19.5 Å². The van der Waals surface area contributed by atoms with E-state index in [4.69, 9.17) is 18.9 Å². The number of Topliss-reactive ketones (excluding diaryl/α,β-unsaturated/α-hetero) is 2. The molecule has 0 radical (unpaired) electrons. The molecule has 11 atom stereocenters. The third-order valence-electron chi connectivity index (χ3n) is 9.03. The van der Waals surface area contributed by atoms with Gasteiger partial charge in [-0.1, -0.05) is 27.7 Å². The molecule has 0 aromatic carbocycles. The first-order valence-electron chi connectivity index (χ1n) is 14.7. The van der Waals surface area contributed by atoms with Gasteiger partial charge in [0.1, 0.15) is 11.7 Å². The van der Waals surface area contributed by atoms with Gasteiger partial charge in [0.2, 0.25) is 0 Å². The number of esters is 1. The Hall–Kier alpha value is -1.72. The van der Waals surface area contributed by atoms with E-state index in [0.29, 0.717) is 0 Å². The van der Waals surface area contributed by atoms with Crippen molar-refractivity contribution in [1.82, 2.24) is 4.90 Å². The Morgan fingerprint density at radius 1 is 1.12 bits per heavy atom. The van der Waals surface area contributed by atoms with Gasteiger partial charge in [-0.2, -0.15) is 0 Å². The summed E-state index contributed by atoms with van der Waals surface area (Å²) >= 11 is 0. The van der Waals surface area contributed by atoms with Crippen LogP contribution >= 0.6 is 0 Å². The number of allylic oxidation sites excluding steroid dienone is 1. The number of ketones is 2. The molecular weight excluding hydrogens is 533 g/mol. The van der Waals surface area contributed by atoms with Crippen LogP contribution in [-0.4, -0.2) is 96.3 Å². The van der Waals surface area contributed by atoms with Crippen LogP contribution in [0.1, 0.15) is 81.6 Å². The van der Waals surface area contributed by atoms with Gasteiger partial charge in [-0.3, -0.25) is 9.59 Å². The molecular formula is C31H52FNO8. The molecule has 41 heavy (non-hydrogen) atoms. The average molecular weight is 586 g/mol. The van der Waals surface area contributed by atoms with Crippen molar-refractivity contribution < 1.29 is 42.8 Å². The molecule has 9 nitrogen and oxygen atoms in total. The summed E-state index contributed by atoms with van der Waals surface area (Å²) in [6, 6.07) is 0.121. The van der Waals surface area contributed by atoms with Crippen molar-refractivity contribution in [2.24, 2.45) is 17.8 Å². The zero-order chi connectivity index (χ0) is 31.7. The monoisotopic (exact) mass is 585 g/mol. The molecule has 0 saturated carbocycles. The summed E-state index contributed by atoms with van der Waals surface area (Å²) < 4.78 is 40.3. The smallest absolute Gasteiger partial charge is 0.351 e. The van der Waals surface area contributed by atoms with Gasteiger partial charge in [0, 0.05) is 30.9 Å². The van der Waals surface area contributed by atoms with Crippen molar-refractivity contribution in [1.29, 1.82) is 0 Å². The first-order valence-corrected chi connectivity index (χ1v) is 14.7. The number of carbonyl (C=O) groups excluding carboxylic acids is 3. The summed E-state index contributed by atoms with van der Waals surface area (Å²) in [4.78, 5) is 42.5. The highest BCUT2D eigenvalue weighted by atomic mass is 19.1. The van der Waals surface area contributed by atoms with E-state index < -0.39 is 59.0 Å². The maximum Gasteiger partial charge on any atom is 0.351 e. The van der Waals surface area contributed by atoms with Crippen LogP contribution in [0.3, 0.4) is 0 Å². The van der Waals surface area contributed by atoms with Gasteiger partial charge >= 0.3 is 5.97 Å². The summed E-state index contributed by atoms with van der Waals surface area (Å²) in [5.41, 5.74) is -5.81. The molecule has 0 amide bonds. The Morgan fingerprint density at radius 2 is 1.71 bits per heavy atom. The Labute approximate surface area is 245 Å². The second kappa shape index (κ2) is 13.3. The number of halogens is 1. The van der Waals surface area contributed by atoms with E-state index >= 15 is 4.39 Å². The molecule has 0 aromatic heterocycles. The molecule has 0 bridgehead atoms. The Balaban J connectivity index is 2.68. The number of methoxy groups -OCH3 is 1. The Kier molecular flexibility index (Phi) is 11.5. The number of hydrogen-bond donors (Lipinski definition) is 1. The molecule has 1 N–H and O–H groups in total. The third-order valence-corrected chi connectivity index (χ3v) is 9.03. The van der Waals surface area contributed by atoms with Gasteiger partial charge in [0.25, 0.3) is 5.67 Å². The number of carbonyl (C=O) groups is 3. The summed E-state index contributed by atoms with van der Waals surface area (Å²) in [6.07, 6.45) is -0.819. The number of hydrogen-bond acceptors (Lipinski definition) is 9. The molecule has 0 unspecified atom stereocenters. The average Bonchev–Trinajstić information content (AvgIpc) is 2.88. The molecule has 236 valence electrons. The zero-order valence-electron chi connectivity index (χ0n) is 26.9. The second-order valence-corrected chi connectivity index (χ2v) is 13.0. The molecule has 2 rings (SSSR count). The highest BCUT2D eigenvalue weighted by molar-refractivity contribution is 6.08. The van der Waals surface area contributed by atoms with E-state index in [2.05, 4.69) is 4.90 Å². The van der Waals surface area contributed by atoms with Crippen molar-refractivity contribution in [3.63, 3.8) is 0 Å². The standard InChI is InChI=1S/C31H52FNO8/c1-13-23-29(7,37)15-17(2)24(34)18(3)16-30(8,38-12)26(21(6)25(35)31(9,32)28(36)40-23)41-27-20(5)22(33(10)11)14-19(4)39-27/h15,18-23,26-27,37H,13-14,16H2,1-12H3/b17-15+/t18-,19-,20-,21+,22+,23-,26-,27+,29+,30-,31+/m1/s1. The minimum absolute atomic E-state index is 0.115. The fourth-order valence-corrected chi connectivity index (χ4v) is 6.45. The van der Waals surface area contributed by atoms with Crippen LogP contribution in [0.2, 0.25) is 0 Å². The first kappa shape index (κ1) is 35.5. The highest BCUT2D eigenvalue weighted by Gasteiger charge is 2.54. The SMILES string of the molecule is CC[C@H]1OC(=O)[C@@](C)(F)C(=O)[C@H](C)[C@@H](O[C@@H]2O[C@H](C)C[C@H](N(C)C)[C@H]2C)[C@](C)(OC)C[C@@H](C)C(=O)/C(C)=C/[C@]1(C)O. The van der Waals surface area contributed by atoms with Crippen molar-refractivity contribution in [3.05, 3.63) is 11.6 Å². The fraction of sp³-hybridized carbons (Fsp3) is 0.839. The molecule has 2 aliphatic heterocycles. The number of nitrogens with zero attached hydrogens (tertiary/aromatic N) is 1. The van der Waals surface area contributed by atoms with E-state index in [1.807, 2.05) is 27.9 Å². The predicted molar refractivity (Wildman–Crippen MR) is 153 cm³/mol. The molecule has 1 fully saturated rings. The summed E-state index contributed by atoms with van der Waals surface area (Å²) in [5, 5.41) is 11.1. The third kappa shape index (κ3) is 7.63. The Morgan fingerprint density at radius 3 is 2.22 bits per heavy atom. The molecule has 2 heterocycles. The van der Waals surface area contributed by atoms with Gasteiger partial charge in [-0.05, 0) is 79.6 Å². The molecule has 2 aliphatic rings. The lowest BCUT2D eigenvalue weighted by Gasteiger charge is -2.47. The van der Waals surface area contributed by atoms with Crippen molar-refractivity contribution in [2.75, 3.05) is 21.2 Å². The number of aliphatic hydroxyl groups is 1. The van der Waals surface area contributed by atoms with Crippen LogP contribution in [0, 0.1) is 17.8 Å². The maximum absolute atomic E-state index is 16.2. The molecule has 0 aromatic rings. The molecule has 0 spiro atoms. The highest BCUT2D eigenvalue weighted by Crippen LogP contribution is 2.39. The number of ether oxygens (including phenoxy) is 4. The second-order valence-electron chi connectivity index (χ2n) is 13.0. The van der Waals surface area contributed by atoms with E-state index in [1.54, 1.807) is 27.7 Å². The lowest BCUT2D eigenvalue weighted by atomic mass is 9.76. The molecule has 1 saturated heterocycles. The van der Waals surface area contributed by atoms with Crippen LogP contribution in [-0.2, 0) is 33.3 Å². The van der Waals surface area contributed by atoms with E-state index in [1.165, 1.54) is 27.0 Å². The van der Waals surface area contributed by atoms with E-state index in [-0.39, 0.29) is 42.3 Å². The quantitative estimate of drug-likeness (QED) is 0.377. The van der Waals surface area contributed by atoms with Crippen LogP contribution < -0.4 is 0 Å². The van der Waals surface area contributed by atoms with Crippen molar-refractivity contribution in [2.45, 2.75) is 129 Å². The van der Waals surface area contributed by atoms with Gasteiger partial charge in [-0.25, -0.2) is 9.18 Å². The van der Waals surface area contributed by atoms with Gasteiger partial charge in [0.05, 0.1) is 17.8 Å². The van der Waals surface area contributed by atoms with Gasteiger partial charge in [-0.15, -0.1) is 0 Å². The Bertz CT molecular complexity index is 995. The first-order chi connectivity index (χ1) is 18.7.